The molecule has 0 aliphatic heterocycles. The average Bonchev–Trinajstić information content (AvgIpc) is 2.88. The molecule has 9 heteroatoms. The number of fused-ring (bicyclic) bond motifs is 1. The van der Waals surface area contributed by atoms with Gasteiger partial charge in [-0.1, -0.05) is 29.4 Å². The Morgan fingerprint density at radius 2 is 1.91 bits per heavy atom. The molecule has 0 saturated carbocycles. The number of alkyl halides is 3. The second-order valence-electron chi connectivity index (χ2n) is 4.62. The molecule has 0 radical (unpaired) electrons. The zero-order valence-corrected chi connectivity index (χ0v) is 12.9. The van der Waals surface area contributed by atoms with Crippen LogP contribution in [0.3, 0.4) is 0 Å². The number of benzene rings is 1. The molecule has 3 aromatic rings. The topological polar surface area (TPSA) is 30.2 Å². The van der Waals surface area contributed by atoms with E-state index >= 15 is 0 Å². The highest BCUT2D eigenvalue weighted by Gasteiger charge is 2.31. The lowest BCUT2D eigenvalue weighted by atomic mass is 10.2. The molecule has 0 N–H and O–H groups in total. The predicted octanol–water partition coefficient (Wildman–Crippen LogP) is 4.83. The van der Waals surface area contributed by atoms with Crippen LogP contribution in [0.4, 0.5) is 17.6 Å². The molecule has 0 aliphatic carbocycles. The summed E-state index contributed by atoms with van der Waals surface area (Å²) in [5, 5.41) is 8.11. The van der Waals surface area contributed by atoms with E-state index in [1.807, 2.05) is 0 Å². The lowest BCUT2D eigenvalue weighted by molar-refractivity contribution is -0.137. The zero-order chi connectivity index (χ0) is 16.6. The van der Waals surface area contributed by atoms with Crippen LogP contribution in [0, 0.1) is 5.82 Å². The van der Waals surface area contributed by atoms with Crippen LogP contribution in [0.25, 0.3) is 5.65 Å². The highest BCUT2D eigenvalue weighted by Crippen LogP contribution is 2.31. The summed E-state index contributed by atoms with van der Waals surface area (Å²) in [5.41, 5.74) is -0.265. The van der Waals surface area contributed by atoms with Crippen LogP contribution < -0.4 is 0 Å². The smallest absolute Gasteiger partial charge is 0.277 e. The lowest BCUT2D eigenvalue weighted by Gasteiger charge is -2.08. The van der Waals surface area contributed by atoms with Crippen molar-refractivity contribution in [3.05, 3.63) is 58.5 Å². The molecule has 2 aromatic heterocycles. The quantitative estimate of drug-likeness (QED) is 0.494. The molecule has 2 heterocycles. The van der Waals surface area contributed by atoms with Crippen molar-refractivity contribution >= 4 is 29.0 Å². The molecule has 3 nitrogen and oxygen atoms in total. The second kappa shape index (κ2) is 6.01. The zero-order valence-electron chi connectivity index (χ0n) is 11.3. The molecule has 120 valence electrons. The summed E-state index contributed by atoms with van der Waals surface area (Å²) < 4.78 is 53.3. The first-order valence-electron chi connectivity index (χ1n) is 6.34. The Balaban J connectivity index is 1.91. The van der Waals surface area contributed by atoms with Gasteiger partial charge in [0.15, 0.2) is 10.8 Å². The number of thioether (sulfide) groups is 1. The van der Waals surface area contributed by atoms with Crippen molar-refractivity contribution in [2.45, 2.75) is 17.1 Å². The predicted molar refractivity (Wildman–Crippen MR) is 79.0 cm³/mol. The van der Waals surface area contributed by atoms with E-state index in [-0.39, 0.29) is 27.1 Å². The Labute approximate surface area is 137 Å². The molecular formula is C14H8ClF4N3S. The van der Waals surface area contributed by atoms with Crippen LogP contribution in [-0.2, 0) is 11.9 Å². The Morgan fingerprint density at radius 1 is 1.13 bits per heavy atom. The van der Waals surface area contributed by atoms with E-state index in [4.69, 9.17) is 11.6 Å². The van der Waals surface area contributed by atoms with Crippen LogP contribution >= 0.6 is 23.4 Å². The van der Waals surface area contributed by atoms with Gasteiger partial charge in [-0.15, -0.1) is 10.2 Å². The third kappa shape index (κ3) is 3.28. The van der Waals surface area contributed by atoms with Crippen molar-refractivity contribution in [2.24, 2.45) is 0 Å². The third-order valence-electron chi connectivity index (χ3n) is 3.11. The molecule has 0 unspecified atom stereocenters. The van der Waals surface area contributed by atoms with E-state index in [1.165, 1.54) is 22.6 Å². The van der Waals surface area contributed by atoms with Gasteiger partial charge >= 0.3 is 6.18 Å². The first-order chi connectivity index (χ1) is 10.9. The molecule has 0 aliphatic rings. The monoisotopic (exact) mass is 361 g/mol. The molecule has 23 heavy (non-hydrogen) atoms. The minimum atomic E-state index is -4.46. The fourth-order valence-corrected chi connectivity index (χ4v) is 3.20. The highest BCUT2D eigenvalue weighted by molar-refractivity contribution is 7.98. The van der Waals surface area contributed by atoms with Gasteiger partial charge in [0.25, 0.3) is 0 Å². The molecular weight excluding hydrogens is 354 g/mol. The van der Waals surface area contributed by atoms with E-state index in [0.717, 1.165) is 24.0 Å². The minimum Gasteiger partial charge on any atom is -0.277 e. The number of hydrogen-bond acceptors (Lipinski definition) is 3. The average molecular weight is 362 g/mol. The Hall–Kier alpha value is -1.80. The van der Waals surface area contributed by atoms with E-state index < -0.39 is 17.6 Å². The number of halogens is 5. The fourth-order valence-electron chi connectivity index (χ4n) is 1.94. The third-order valence-corrected chi connectivity index (χ3v) is 4.43. The molecule has 0 spiro atoms. The van der Waals surface area contributed by atoms with E-state index in [1.54, 1.807) is 6.07 Å². The summed E-state index contributed by atoms with van der Waals surface area (Å²) in [7, 11) is 0. The van der Waals surface area contributed by atoms with Crippen molar-refractivity contribution in [2.75, 3.05) is 0 Å². The van der Waals surface area contributed by atoms with Crippen LogP contribution in [0.5, 0.6) is 0 Å². The van der Waals surface area contributed by atoms with Gasteiger partial charge in [-0.25, -0.2) is 4.39 Å². The Morgan fingerprint density at radius 3 is 2.61 bits per heavy atom. The van der Waals surface area contributed by atoms with Crippen LogP contribution in [0.1, 0.15) is 11.1 Å². The van der Waals surface area contributed by atoms with Crippen molar-refractivity contribution < 1.29 is 17.6 Å². The molecule has 3 rings (SSSR count). The normalized spacial score (nSPS) is 12.0. The standard InChI is InChI=1S/C14H8ClF4N3S/c15-10-2-1-3-11(16)9(10)7-23-13-21-20-12-5-4-8(6-22(12)13)14(17,18)19/h1-6H,7H2. The van der Waals surface area contributed by atoms with Crippen molar-refractivity contribution in [3.8, 4) is 0 Å². The maximum absolute atomic E-state index is 13.7. The summed E-state index contributed by atoms with van der Waals surface area (Å²) in [6.07, 6.45) is -3.55. The highest BCUT2D eigenvalue weighted by atomic mass is 35.5. The molecule has 0 amide bonds. The van der Waals surface area contributed by atoms with Gasteiger partial charge in [0.05, 0.1) is 5.56 Å². The number of aromatic nitrogens is 3. The van der Waals surface area contributed by atoms with Gasteiger partial charge in [0, 0.05) is 22.5 Å². The summed E-state index contributed by atoms with van der Waals surface area (Å²) in [6.45, 7) is 0. The SMILES string of the molecule is Fc1cccc(Cl)c1CSc1nnc2ccc(C(F)(F)F)cn12. The minimum absolute atomic E-state index is 0.128. The van der Waals surface area contributed by atoms with Crippen molar-refractivity contribution in [3.63, 3.8) is 0 Å². The number of hydrogen-bond donors (Lipinski definition) is 0. The second-order valence-corrected chi connectivity index (χ2v) is 5.96. The summed E-state index contributed by atoms with van der Waals surface area (Å²) in [4.78, 5) is 0. The van der Waals surface area contributed by atoms with Gasteiger partial charge in [-0.05, 0) is 24.3 Å². The summed E-state index contributed by atoms with van der Waals surface area (Å²) in [5.74, 6) is -0.350. The molecule has 0 bridgehead atoms. The summed E-state index contributed by atoms with van der Waals surface area (Å²) >= 11 is 6.98. The lowest BCUT2D eigenvalue weighted by Crippen LogP contribution is -2.06. The van der Waals surface area contributed by atoms with Crippen LogP contribution in [0.15, 0.2) is 41.7 Å². The van der Waals surface area contributed by atoms with Gasteiger partial charge in [-0.2, -0.15) is 13.2 Å². The van der Waals surface area contributed by atoms with Gasteiger partial charge in [0.1, 0.15) is 5.82 Å². The molecule has 0 fully saturated rings. The fraction of sp³-hybridized carbons (Fsp3) is 0.143. The molecule has 0 saturated heterocycles. The van der Waals surface area contributed by atoms with Gasteiger partial charge in [0.2, 0.25) is 0 Å². The Bertz CT molecular complexity index is 843. The van der Waals surface area contributed by atoms with Gasteiger partial charge in [-0.3, -0.25) is 4.40 Å². The number of pyridine rings is 1. The molecule has 1 aromatic carbocycles. The van der Waals surface area contributed by atoms with Crippen LogP contribution in [-0.4, -0.2) is 14.6 Å². The maximum Gasteiger partial charge on any atom is 0.417 e. The van der Waals surface area contributed by atoms with Crippen molar-refractivity contribution in [1.29, 1.82) is 0 Å². The van der Waals surface area contributed by atoms with E-state index in [9.17, 15) is 17.6 Å². The number of nitrogens with zero attached hydrogens (tertiary/aromatic N) is 3. The van der Waals surface area contributed by atoms with Gasteiger partial charge < -0.3 is 0 Å². The van der Waals surface area contributed by atoms with Crippen LogP contribution in [0.2, 0.25) is 5.02 Å². The number of rotatable bonds is 3. The Kier molecular flexibility index (Phi) is 4.20. The first-order valence-corrected chi connectivity index (χ1v) is 7.70. The van der Waals surface area contributed by atoms with E-state index in [2.05, 4.69) is 10.2 Å². The maximum atomic E-state index is 13.7. The molecule has 0 atom stereocenters. The van der Waals surface area contributed by atoms with E-state index in [0.29, 0.717) is 0 Å². The first kappa shape index (κ1) is 16.1. The van der Waals surface area contributed by atoms with Crippen molar-refractivity contribution in [1.82, 2.24) is 14.6 Å². The largest absolute Gasteiger partial charge is 0.417 e. The summed E-state index contributed by atoms with van der Waals surface area (Å²) in [6, 6.07) is 6.46.